The molecule has 316 valence electrons. The van der Waals surface area contributed by atoms with Crippen molar-refractivity contribution in [1.29, 1.82) is 0 Å². The van der Waals surface area contributed by atoms with Gasteiger partial charge in [0.05, 0.1) is 12.2 Å². The van der Waals surface area contributed by atoms with Gasteiger partial charge in [-0.2, -0.15) is 0 Å². The molecule has 2 aromatic rings. The summed E-state index contributed by atoms with van der Waals surface area (Å²) in [4.78, 5) is 22.6. The lowest BCUT2D eigenvalue weighted by Gasteiger charge is -2.45. The van der Waals surface area contributed by atoms with Gasteiger partial charge in [-0.25, -0.2) is 29.8 Å². The predicted molar refractivity (Wildman–Crippen MR) is 235 cm³/mol. The normalized spacial score (nSPS) is 33.2. The summed E-state index contributed by atoms with van der Waals surface area (Å²) in [5, 5.41) is 3.25. The molecule has 11 heteroatoms. The van der Waals surface area contributed by atoms with Crippen molar-refractivity contribution < 1.29 is 19.1 Å². The van der Waals surface area contributed by atoms with Gasteiger partial charge in [0, 0.05) is 72.1 Å². The van der Waals surface area contributed by atoms with Crippen molar-refractivity contribution in [3.8, 4) is 24.2 Å². The number of ether oxygens (including phenoxy) is 2. The Morgan fingerprint density at radius 2 is 1.15 bits per heavy atom. The summed E-state index contributed by atoms with van der Waals surface area (Å²) < 4.78 is 12.2. The van der Waals surface area contributed by atoms with Crippen LogP contribution in [0.4, 0.5) is 0 Å². The number of terminal acetylenes is 1. The number of hydroxylamine groups is 4. The maximum absolute atomic E-state index is 6.46. The standard InChI is InChI=1S/C24H31N3O2.C17H22BrN3O2.C7H10/c1-27-22(25)26-24(29-27)21-15-18(8-7-17-5-3-4-6-17)9-10-19(21)16-23(24)13-11-20(28-2)12-14-23;1-21-15(19)20-17(23-21)14-9-12(18)4-3-11(14)10-16(17)7-5-13(22-2)6-8-16;1-2-7-5-3-4-6-7/h9-10,15,17,20H,3-6,11-14,16H2,1-2H3,(H2,25,26);3-4,9,13H,5-8,10H2,1-2H3,(H2,19,20);1,7H,3-6H2. The van der Waals surface area contributed by atoms with E-state index in [2.05, 4.69) is 70.1 Å². The van der Waals surface area contributed by atoms with Gasteiger partial charge >= 0.3 is 0 Å². The van der Waals surface area contributed by atoms with E-state index in [-0.39, 0.29) is 10.8 Å². The Morgan fingerprint density at radius 3 is 1.58 bits per heavy atom. The van der Waals surface area contributed by atoms with E-state index in [1.165, 1.54) is 62.5 Å². The lowest BCUT2D eigenvalue weighted by atomic mass is 9.66. The van der Waals surface area contributed by atoms with E-state index in [9.17, 15) is 0 Å². The number of guanidine groups is 2. The number of hydrogen-bond donors (Lipinski definition) is 2. The molecule has 4 fully saturated rings. The Kier molecular flexibility index (Phi) is 12.2. The Morgan fingerprint density at radius 1 is 0.695 bits per heavy atom. The first-order valence-electron chi connectivity index (χ1n) is 22.0. The third-order valence-electron chi connectivity index (χ3n) is 14.9. The summed E-state index contributed by atoms with van der Waals surface area (Å²) in [6, 6.07) is 13.0. The maximum atomic E-state index is 6.46. The molecular formula is C48H63BrN6O4. The van der Waals surface area contributed by atoms with Crippen molar-refractivity contribution in [2.45, 2.75) is 139 Å². The second-order valence-corrected chi connectivity index (χ2v) is 19.2. The molecule has 0 radical (unpaired) electrons. The SMILES string of the molecule is C#CC1CCCC1.COC1CCC2(CC1)Cc1ccc(Br)cc1C21N=C(N)N(C)O1.COC1CCC2(CC1)Cc1ccc(C#CC3CCCC3)cc1C21N=C(N)N(C)O1. The third kappa shape index (κ3) is 7.69. The average molecular weight is 868 g/mol. The van der Waals surface area contributed by atoms with Crippen molar-refractivity contribution in [1.82, 2.24) is 10.1 Å². The zero-order valence-corrected chi connectivity index (χ0v) is 37.1. The number of halogens is 1. The number of rotatable bonds is 2. The first-order valence-corrected chi connectivity index (χ1v) is 22.8. The minimum Gasteiger partial charge on any atom is -0.381 e. The summed E-state index contributed by atoms with van der Waals surface area (Å²) in [7, 11) is 7.30. The zero-order valence-electron chi connectivity index (χ0n) is 35.5. The summed E-state index contributed by atoms with van der Waals surface area (Å²) in [5.74, 6) is 11.8. The molecule has 4 N–H and O–H groups in total. The van der Waals surface area contributed by atoms with Crippen LogP contribution >= 0.6 is 15.9 Å². The molecule has 0 bridgehead atoms. The summed E-state index contributed by atoms with van der Waals surface area (Å²) in [6.45, 7) is 0. The first-order chi connectivity index (χ1) is 28.5. The first kappa shape index (κ1) is 42.1. The van der Waals surface area contributed by atoms with E-state index >= 15 is 0 Å². The molecule has 2 aromatic carbocycles. The fourth-order valence-electron chi connectivity index (χ4n) is 11.5. The van der Waals surface area contributed by atoms with Crippen LogP contribution in [0, 0.1) is 46.9 Å². The molecule has 0 saturated heterocycles. The summed E-state index contributed by atoms with van der Waals surface area (Å²) in [6.07, 6.45) is 26.4. The second-order valence-electron chi connectivity index (χ2n) is 18.3. The van der Waals surface area contributed by atoms with Crippen LogP contribution in [0.25, 0.3) is 0 Å². The number of nitrogens with two attached hydrogens (primary N) is 2. The molecular weight excluding hydrogens is 804 g/mol. The molecule has 2 atom stereocenters. The highest BCUT2D eigenvalue weighted by molar-refractivity contribution is 9.10. The Hall–Kier alpha value is -3.58. The van der Waals surface area contributed by atoms with E-state index in [0.29, 0.717) is 36.0 Å². The largest absolute Gasteiger partial charge is 0.381 e. The molecule has 59 heavy (non-hydrogen) atoms. The molecule has 2 aliphatic heterocycles. The van der Waals surface area contributed by atoms with Crippen LogP contribution in [-0.2, 0) is 43.4 Å². The minimum atomic E-state index is -0.731. The van der Waals surface area contributed by atoms with Crippen LogP contribution in [-0.4, -0.2) is 62.6 Å². The van der Waals surface area contributed by atoms with Gasteiger partial charge in [0.25, 0.3) is 0 Å². The van der Waals surface area contributed by atoms with Crippen molar-refractivity contribution in [3.05, 3.63) is 68.7 Å². The molecule has 4 saturated carbocycles. The van der Waals surface area contributed by atoms with Crippen LogP contribution in [0.5, 0.6) is 0 Å². The molecule has 10 nitrogen and oxygen atoms in total. The smallest absolute Gasteiger partial charge is 0.220 e. The van der Waals surface area contributed by atoms with Gasteiger partial charge in [0.15, 0.2) is 0 Å². The molecule has 0 amide bonds. The van der Waals surface area contributed by atoms with E-state index in [1.54, 1.807) is 17.2 Å². The predicted octanol–water partition coefficient (Wildman–Crippen LogP) is 8.44. The van der Waals surface area contributed by atoms with Crippen LogP contribution in [0.1, 0.15) is 131 Å². The van der Waals surface area contributed by atoms with Crippen LogP contribution < -0.4 is 11.5 Å². The van der Waals surface area contributed by atoms with Gasteiger partial charge in [0.1, 0.15) is 0 Å². The Bertz CT molecular complexity index is 2030. The van der Waals surface area contributed by atoms with Gasteiger partial charge in [-0.05, 0) is 125 Å². The fraction of sp³-hybridized carbons (Fsp3) is 0.625. The Labute approximate surface area is 360 Å². The molecule has 0 aromatic heterocycles. The van der Waals surface area contributed by atoms with Gasteiger partial charge in [-0.1, -0.05) is 65.6 Å². The number of aliphatic imine (C=N–C) groups is 2. The van der Waals surface area contributed by atoms with Crippen molar-refractivity contribution >= 4 is 27.8 Å². The number of nitrogens with zero attached hydrogens (tertiary/aromatic N) is 4. The number of fused-ring (bicyclic) bond motifs is 6. The quantitative estimate of drug-likeness (QED) is 0.289. The molecule has 6 aliphatic carbocycles. The molecule has 4 spiro atoms. The van der Waals surface area contributed by atoms with Gasteiger partial charge in [-0.15, -0.1) is 12.3 Å². The van der Waals surface area contributed by atoms with Gasteiger partial charge in [0.2, 0.25) is 23.4 Å². The van der Waals surface area contributed by atoms with E-state index in [4.69, 9.17) is 47.0 Å². The number of hydrogen-bond acceptors (Lipinski definition) is 10. The Balaban J connectivity index is 0.000000144. The maximum Gasteiger partial charge on any atom is 0.220 e. The highest BCUT2D eigenvalue weighted by Gasteiger charge is 2.64. The highest BCUT2D eigenvalue weighted by atomic mass is 79.9. The molecule has 8 aliphatic rings. The van der Waals surface area contributed by atoms with Gasteiger partial charge < -0.3 is 20.9 Å². The van der Waals surface area contributed by atoms with Crippen molar-refractivity contribution in [3.63, 3.8) is 0 Å². The second kappa shape index (κ2) is 17.1. The zero-order chi connectivity index (χ0) is 41.4. The number of methoxy groups -OCH3 is 2. The number of benzene rings is 2. The summed E-state index contributed by atoms with van der Waals surface area (Å²) in [5.41, 5.74) is 16.8. The monoisotopic (exact) mass is 866 g/mol. The lowest BCUT2D eigenvalue weighted by Crippen LogP contribution is -2.46. The fourth-order valence-corrected chi connectivity index (χ4v) is 11.8. The molecule has 10 rings (SSSR count). The van der Waals surface area contributed by atoms with E-state index in [1.807, 2.05) is 21.2 Å². The lowest BCUT2D eigenvalue weighted by molar-refractivity contribution is -0.232. The van der Waals surface area contributed by atoms with Gasteiger partial charge in [-0.3, -0.25) is 0 Å². The minimum absolute atomic E-state index is 0.0411. The molecule has 2 unspecified atom stereocenters. The molecule has 2 heterocycles. The third-order valence-corrected chi connectivity index (χ3v) is 15.4. The van der Waals surface area contributed by atoms with Crippen LogP contribution in [0.3, 0.4) is 0 Å². The van der Waals surface area contributed by atoms with Crippen molar-refractivity contribution in [2.75, 3.05) is 28.3 Å². The summed E-state index contributed by atoms with van der Waals surface area (Å²) >= 11 is 3.59. The van der Waals surface area contributed by atoms with Crippen LogP contribution in [0.2, 0.25) is 0 Å². The average Bonchev–Trinajstić information content (AvgIpc) is 4.12. The highest BCUT2D eigenvalue weighted by Crippen LogP contribution is 2.63. The van der Waals surface area contributed by atoms with E-state index in [0.717, 1.165) is 85.4 Å². The topological polar surface area (TPSA) is 120 Å². The van der Waals surface area contributed by atoms with Crippen LogP contribution in [0.15, 0.2) is 50.9 Å². The van der Waals surface area contributed by atoms with Crippen molar-refractivity contribution in [2.24, 2.45) is 44.1 Å². The van der Waals surface area contributed by atoms with E-state index < -0.39 is 11.4 Å².